The molecular weight excluding hydrogens is 438 g/mol. The van der Waals surface area contributed by atoms with Crippen molar-refractivity contribution in [2.45, 2.75) is 33.7 Å². The second-order valence-corrected chi connectivity index (χ2v) is 8.36. The van der Waals surface area contributed by atoms with Crippen molar-refractivity contribution in [3.05, 3.63) is 70.9 Å². The molecule has 0 unspecified atom stereocenters. The first-order valence-corrected chi connectivity index (χ1v) is 11.8. The van der Waals surface area contributed by atoms with Crippen LogP contribution in [0.2, 0.25) is 0 Å². The van der Waals surface area contributed by atoms with E-state index in [1.807, 2.05) is 69.3 Å². The van der Waals surface area contributed by atoms with E-state index >= 15 is 0 Å². The summed E-state index contributed by atoms with van der Waals surface area (Å²) in [4.78, 5) is 30.0. The van der Waals surface area contributed by atoms with Crippen molar-refractivity contribution in [2.24, 2.45) is 4.99 Å². The van der Waals surface area contributed by atoms with E-state index in [1.54, 1.807) is 6.92 Å². The Balaban J connectivity index is 1.82. The molecule has 1 atom stereocenters. The Morgan fingerprint density at radius 1 is 1.09 bits per heavy atom. The fourth-order valence-corrected chi connectivity index (χ4v) is 4.21. The highest BCUT2D eigenvalue weighted by Crippen LogP contribution is 2.37. The van der Waals surface area contributed by atoms with Gasteiger partial charge in [-0.1, -0.05) is 42.1 Å². The zero-order valence-corrected chi connectivity index (χ0v) is 20.1. The topological polar surface area (TPSA) is 89.0 Å². The van der Waals surface area contributed by atoms with Crippen LogP contribution in [0.3, 0.4) is 0 Å². The van der Waals surface area contributed by atoms with Gasteiger partial charge in [0.05, 0.1) is 24.5 Å². The van der Waals surface area contributed by atoms with Crippen molar-refractivity contribution in [2.75, 3.05) is 24.3 Å². The quantitative estimate of drug-likeness (QED) is 0.552. The summed E-state index contributed by atoms with van der Waals surface area (Å²) in [6, 6.07) is 14.6. The van der Waals surface area contributed by atoms with Crippen LogP contribution in [0.25, 0.3) is 0 Å². The zero-order valence-electron chi connectivity index (χ0n) is 19.3. The third-order valence-corrected chi connectivity index (χ3v) is 5.76. The molecular formula is C25H29N3O4S. The number of nitrogens with one attached hydrogen (secondary N) is 2. The minimum absolute atomic E-state index is 0.140. The van der Waals surface area contributed by atoms with Crippen molar-refractivity contribution >= 4 is 34.5 Å². The largest absolute Gasteiger partial charge is 0.494 e. The third kappa shape index (κ3) is 6.38. The van der Waals surface area contributed by atoms with E-state index in [1.165, 1.54) is 11.8 Å². The summed E-state index contributed by atoms with van der Waals surface area (Å²) in [5, 5.41) is 6.61. The second kappa shape index (κ2) is 11.6. The molecule has 0 radical (unpaired) electrons. The lowest BCUT2D eigenvalue weighted by Crippen LogP contribution is -2.31. The minimum atomic E-state index is -0.601. The molecule has 2 aromatic rings. The number of rotatable bonds is 8. The number of anilines is 1. The molecule has 1 aliphatic rings. The number of thioether (sulfide) groups is 1. The molecule has 0 bridgehead atoms. The number of amides is 1. The molecule has 0 saturated heterocycles. The number of aryl methyl sites for hydroxylation is 1. The average molecular weight is 468 g/mol. The number of aliphatic imine (C=N–C) groups is 1. The maximum absolute atomic E-state index is 12.8. The Morgan fingerprint density at radius 2 is 1.88 bits per heavy atom. The molecule has 3 rings (SSSR count). The molecule has 0 spiro atoms. The highest BCUT2D eigenvalue weighted by Gasteiger charge is 2.32. The van der Waals surface area contributed by atoms with Gasteiger partial charge in [0.15, 0.2) is 5.17 Å². The van der Waals surface area contributed by atoms with Crippen LogP contribution in [-0.2, 0) is 14.3 Å². The molecule has 2 aromatic carbocycles. The lowest BCUT2D eigenvalue weighted by molar-refractivity contribution is -0.139. The van der Waals surface area contributed by atoms with Crippen LogP contribution in [0.5, 0.6) is 5.75 Å². The van der Waals surface area contributed by atoms with Gasteiger partial charge in [-0.05, 0) is 51.5 Å². The molecule has 1 amide bonds. The van der Waals surface area contributed by atoms with Gasteiger partial charge in [-0.25, -0.2) is 9.79 Å². The minimum Gasteiger partial charge on any atom is -0.494 e. The molecule has 1 heterocycles. The summed E-state index contributed by atoms with van der Waals surface area (Å²) < 4.78 is 11.1. The fraction of sp³-hybridized carbons (Fsp3) is 0.320. The average Bonchev–Trinajstić information content (AvgIpc) is 2.78. The zero-order chi connectivity index (χ0) is 23.8. The Morgan fingerprint density at radius 3 is 2.61 bits per heavy atom. The molecule has 33 heavy (non-hydrogen) atoms. The van der Waals surface area contributed by atoms with Gasteiger partial charge in [-0.15, -0.1) is 0 Å². The van der Waals surface area contributed by atoms with Crippen molar-refractivity contribution in [1.82, 2.24) is 5.32 Å². The van der Waals surface area contributed by atoms with E-state index in [4.69, 9.17) is 14.5 Å². The van der Waals surface area contributed by atoms with Crippen LogP contribution < -0.4 is 15.4 Å². The Hall–Kier alpha value is -3.26. The Labute approximate surface area is 198 Å². The summed E-state index contributed by atoms with van der Waals surface area (Å²) in [5.74, 6) is 0.261. The van der Waals surface area contributed by atoms with Crippen LogP contribution in [-0.4, -0.2) is 36.0 Å². The first-order chi connectivity index (χ1) is 15.9. The normalized spacial score (nSPS) is 15.4. The summed E-state index contributed by atoms with van der Waals surface area (Å²) in [6.45, 7) is 8.21. The monoisotopic (exact) mass is 467 g/mol. The van der Waals surface area contributed by atoms with Gasteiger partial charge in [0, 0.05) is 16.9 Å². The van der Waals surface area contributed by atoms with Gasteiger partial charge in [0.2, 0.25) is 5.91 Å². The second-order valence-electron chi connectivity index (χ2n) is 7.40. The number of benzene rings is 2. The first-order valence-electron chi connectivity index (χ1n) is 10.9. The molecule has 8 heteroatoms. The molecule has 0 fully saturated rings. The van der Waals surface area contributed by atoms with E-state index in [-0.39, 0.29) is 18.3 Å². The molecule has 7 nitrogen and oxygen atoms in total. The van der Waals surface area contributed by atoms with Gasteiger partial charge >= 0.3 is 5.97 Å². The highest BCUT2D eigenvalue weighted by atomic mass is 32.2. The van der Waals surface area contributed by atoms with Gasteiger partial charge in [-0.3, -0.25) is 4.79 Å². The molecule has 0 aliphatic carbocycles. The summed E-state index contributed by atoms with van der Waals surface area (Å²) in [5.41, 5.74) is 3.66. The van der Waals surface area contributed by atoms with Gasteiger partial charge in [0.1, 0.15) is 11.8 Å². The lowest BCUT2D eigenvalue weighted by Gasteiger charge is -2.26. The molecule has 0 saturated carbocycles. The lowest BCUT2D eigenvalue weighted by atomic mass is 9.96. The number of hydrogen-bond donors (Lipinski definition) is 2. The predicted octanol–water partition coefficient (Wildman–Crippen LogP) is 4.60. The number of allylic oxidation sites excluding steroid dienone is 1. The van der Waals surface area contributed by atoms with Crippen LogP contribution in [0.1, 0.15) is 37.9 Å². The molecule has 174 valence electrons. The van der Waals surface area contributed by atoms with E-state index in [2.05, 4.69) is 10.6 Å². The standard InChI is InChI=1S/C25H29N3O4S/c1-5-31-20-13-8-7-12-19(20)23-22(24(30)32-6-2)17(4)26-25(28-23)33-15-21(29)27-18-11-9-10-16(3)14-18/h7-14,23H,5-6,15H2,1-4H3,(H,26,28)(H,27,29)/t23-/m1/s1. The van der Waals surface area contributed by atoms with Crippen LogP contribution in [0.4, 0.5) is 5.69 Å². The van der Waals surface area contributed by atoms with Crippen molar-refractivity contribution in [1.29, 1.82) is 0 Å². The molecule has 2 N–H and O–H groups in total. The fourth-order valence-electron chi connectivity index (χ4n) is 3.47. The van der Waals surface area contributed by atoms with Gasteiger partial charge in [0.25, 0.3) is 0 Å². The van der Waals surface area contributed by atoms with Crippen molar-refractivity contribution < 1.29 is 19.1 Å². The third-order valence-electron chi connectivity index (χ3n) is 4.87. The number of ether oxygens (including phenoxy) is 2. The predicted molar refractivity (Wildman–Crippen MR) is 133 cm³/mol. The van der Waals surface area contributed by atoms with Crippen LogP contribution >= 0.6 is 11.8 Å². The summed E-state index contributed by atoms with van der Waals surface area (Å²) >= 11 is 1.28. The summed E-state index contributed by atoms with van der Waals surface area (Å²) in [6.07, 6.45) is 0. The number of amidine groups is 1. The van der Waals surface area contributed by atoms with Crippen molar-refractivity contribution in [3.63, 3.8) is 0 Å². The van der Waals surface area contributed by atoms with Gasteiger partial charge < -0.3 is 20.1 Å². The van der Waals surface area contributed by atoms with E-state index in [9.17, 15) is 9.59 Å². The number of nitrogens with zero attached hydrogens (tertiary/aromatic N) is 1. The number of carbonyl (C=O) groups excluding carboxylic acids is 2. The number of hydrogen-bond acceptors (Lipinski definition) is 7. The van der Waals surface area contributed by atoms with Crippen molar-refractivity contribution in [3.8, 4) is 5.75 Å². The SMILES string of the molecule is CCOC(=O)C1=C(C)NC(SCC(=O)Nc2cccc(C)c2)=N[C@@H]1c1ccccc1OCC. The van der Waals surface area contributed by atoms with Crippen LogP contribution in [0.15, 0.2) is 64.8 Å². The van der Waals surface area contributed by atoms with Crippen LogP contribution in [0, 0.1) is 6.92 Å². The highest BCUT2D eigenvalue weighted by molar-refractivity contribution is 8.14. The molecule has 0 aromatic heterocycles. The summed E-state index contributed by atoms with van der Waals surface area (Å²) in [7, 11) is 0. The van der Waals surface area contributed by atoms with E-state index < -0.39 is 12.0 Å². The Bertz CT molecular complexity index is 1080. The number of esters is 1. The maximum atomic E-state index is 12.8. The van der Waals surface area contributed by atoms with E-state index in [0.29, 0.717) is 28.8 Å². The van der Waals surface area contributed by atoms with E-state index in [0.717, 1.165) is 16.8 Å². The number of carbonyl (C=O) groups is 2. The first kappa shape index (κ1) is 24.4. The number of para-hydroxylation sites is 1. The Kier molecular flexibility index (Phi) is 8.54. The molecule has 1 aliphatic heterocycles. The smallest absolute Gasteiger partial charge is 0.338 e. The van der Waals surface area contributed by atoms with Gasteiger partial charge in [-0.2, -0.15) is 0 Å². The maximum Gasteiger partial charge on any atom is 0.338 e.